The number of hydrogen-bond acceptors (Lipinski definition) is 4. The van der Waals surface area contributed by atoms with Crippen LogP contribution < -0.4 is 10.9 Å². The van der Waals surface area contributed by atoms with Gasteiger partial charge in [0, 0.05) is 37.9 Å². The summed E-state index contributed by atoms with van der Waals surface area (Å²) in [5.41, 5.74) is 2.16. The third kappa shape index (κ3) is 3.03. The Bertz CT molecular complexity index is 912. The largest absolute Gasteiger partial charge is 0.319 e. The molecule has 3 rings (SSSR count). The van der Waals surface area contributed by atoms with Crippen molar-refractivity contribution in [1.29, 1.82) is 0 Å². The molecule has 0 saturated heterocycles. The molecule has 0 spiro atoms. The highest BCUT2D eigenvalue weighted by molar-refractivity contribution is 6.03. The van der Waals surface area contributed by atoms with Gasteiger partial charge >= 0.3 is 0 Å². The van der Waals surface area contributed by atoms with Crippen LogP contribution in [0.15, 0.2) is 53.8 Å². The first kappa shape index (κ1) is 14.7. The van der Waals surface area contributed by atoms with Crippen molar-refractivity contribution in [1.82, 2.24) is 19.3 Å². The van der Waals surface area contributed by atoms with Crippen LogP contribution in [-0.4, -0.2) is 25.2 Å². The molecule has 0 bridgehead atoms. The molecule has 0 unspecified atom stereocenters. The monoisotopic (exact) mass is 309 g/mol. The normalized spacial score (nSPS) is 10.5. The Kier molecular flexibility index (Phi) is 3.76. The maximum Gasteiger partial charge on any atom is 0.274 e. The average Bonchev–Trinajstić information content (AvgIpc) is 3.07. The molecule has 0 aliphatic rings. The minimum absolute atomic E-state index is 0.126. The second-order valence-electron chi connectivity index (χ2n) is 5.12. The van der Waals surface area contributed by atoms with Gasteiger partial charge < -0.3 is 9.88 Å². The van der Waals surface area contributed by atoms with E-state index in [9.17, 15) is 9.59 Å². The average molecular weight is 309 g/mol. The highest BCUT2D eigenvalue weighted by atomic mass is 16.2. The van der Waals surface area contributed by atoms with Gasteiger partial charge in [-0.2, -0.15) is 5.10 Å². The number of aryl methyl sites for hydroxylation is 2. The number of anilines is 1. The molecule has 0 radical (unpaired) electrons. The van der Waals surface area contributed by atoms with E-state index >= 15 is 0 Å². The molecular formula is C16H15N5O2. The molecule has 0 fully saturated rings. The molecule has 3 heterocycles. The highest BCUT2D eigenvalue weighted by Crippen LogP contribution is 2.13. The van der Waals surface area contributed by atoms with Crippen LogP contribution in [-0.2, 0) is 7.05 Å². The molecule has 0 aromatic carbocycles. The number of pyridine rings is 2. The summed E-state index contributed by atoms with van der Waals surface area (Å²) < 4.78 is 3.06. The van der Waals surface area contributed by atoms with E-state index < -0.39 is 0 Å². The minimum atomic E-state index is -0.347. The molecule has 7 heteroatoms. The Hall–Kier alpha value is -3.22. The molecule has 1 amide bonds. The fourth-order valence-corrected chi connectivity index (χ4v) is 2.15. The van der Waals surface area contributed by atoms with Gasteiger partial charge in [0.1, 0.15) is 5.69 Å². The lowest BCUT2D eigenvalue weighted by Crippen LogP contribution is -2.20. The van der Waals surface area contributed by atoms with Crippen molar-refractivity contribution in [2.45, 2.75) is 6.92 Å². The number of aromatic nitrogens is 4. The third-order valence-corrected chi connectivity index (χ3v) is 3.43. The molecule has 116 valence electrons. The van der Waals surface area contributed by atoms with Gasteiger partial charge in [0.25, 0.3) is 11.5 Å². The number of hydrogen-bond donors (Lipinski definition) is 1. The molecule has 3 aromatic heterocycles. The van der Waals surface area contributed by atoms with E-state index in [1.165, 1.54) is 10.6 Å². The van der Waals surface area contributed by atoms with Crippen molar-refractivity contribution >= 4 is 11.6 Å². The predicted octanol–water partition coefficient (Wildman–Crippen LogP) is 1.53. The van der Waals surface area contributed by atoms with Crippen LogP contribution in [0.5, 0.6) is 0 Å². The maximum absolute atomic E-state index is 12.4. The number of carbonyl (C=O) groups is 1. The van der Waals surface area contributed by atoms with E-state index in [1.807, 2.05) is 0 Å². The van der Waals surface area contributed by atoms with Crippen LogP contribution in [0.4, 0.5) is 5.69 Å². The summed E-state index contributed by atoms with van der Waals surface area (Å²) in [7, 11) is 1.63. The molecule has 3 aromatic rings. The highest BCUT2D eigenvalue weighted by Gasteiger charge is 2.11. The van der Waals surface area contributed by atoms with Crippen LogP contribution in [0.3, 0.4) is 0 Å². The lowest BCUT2D eigenvalue weighted by Gasteiger charge is -2.10. The zero-order valence-electron chi connectivity index (χ0n) is 12.7. The first-order valence-corrected chi connectivity index (χ1v) is 6.99. The van der Waals surface area contributed by atoms with Crippen LogP contribution in [0, 0.1) is 6.92 Å². The first-order valence-electron chi connectivity index (χ1n) is 6.99. The summed E-state index contributed by atoms with van der Waals surface area (Å²) in [5.74, 6) is -0.347. The van der Waals surface area contributed by atoms with E-state index in [4.69, 9.17) is 0 Å². The Labute approximate surface area is 132 Å². The maximum atomic E-state index is 12.4. The molecule has 1 N–H and O–H groups in total. The van der Waals surface area contributed by atoms with Crippen LogP contribution >= 0.6 is 0 Å². The molecule has 0 aliphatic heterocycles. The van der Waals surface area contributed by atoms with E-state index in [0.717, 1.165) is 5.69 Å². The second-order valence-corrected chi connectivity index (χ2v) is 5.12. The van der Waals surface area contributed by atoms with E-state index in [2.05, 4.69) is 15.4 Å². The number of carbonyl (C=O) groups excluding carboxylic acids is 1. The number of amides is 1. The first-order chi connectivity index (χ1) is 11.0. The number of nitrogens with zero attached hydrogens (tertiary/aromatic N) is 4. The second kappa shape index (κ2) is 5.88. The SMILES string of the molecule is Cc1cc(=O)n(C)cc1NC(=O)c1cc(-n2cccn2)ccn1. The van der Waals surface area contributed by atoms with Gasteiger partial charge in [0.05, 0.1) is 11.4 Å². The number of rotatable bonds is 3. The van der Waals surface area contributed by atoms with Crippen LogP contribution in [0.25, 0.3) is 5.69 Å². The summed E-state index contributed by atoms with van der Waals surface area (Å²) in [5, 5.41) is 6.90. The summed E-state index contributed by atoms with van der Waals surface area (Å²) in [6.07, 6.45) is 6.59. The molecule has 23 heavy (non-hydrogen) atoms. The van der Waals surface area contributed by atoms with Crippen molar-refractivity contribution in [3.05, 3.63) is 70.7 Å². The predicted molar refractivity (Wildman–Crippen MR) is 85.7 cm³/mol. The fraction of sp³-hybridized carbons (Fsp3) is 0.125. The zero-order chi connectivity index (χ0) is 16.4. The summed E-state index contributed by atoms with van der Waals surface area (Å²) in [6.45, 7) is 1.77. The minimum Gasteiger partial charge on any atom is -0.319 e. The quantitative estimate of drug-likeness (QED) is 0.795. The van der Waals surface area contributed by atoms with Crippen molar-refractivity contribution in [2.75, 3.05) is 5.32 Å². The van der Waals surface area contributed by atoms with E-state index in [0.29, 0.717) is 11.3 Å². The Morgan fingerprint density at radius 3 is 2.83 bits per heavy atom. The number of nitrogens with one attached hydrogen (secondary N) is 1. The van der Waals surface area contributed by atoms with Gasteiger partial charge in [0.2, 0.25) is 0 Å². The van der Waals surface area contributed by atoms with Crippen LogP contribution in [0.1, 0.15) is 16.1 Å². The Morgan fingerprint density at radius 1 is 1.26 bits per heavy atom. The lowest BCUT2D eigenvalue weighted by molar-refractivity contribution is 0.102. The molecule has 0 saturated carbocycles. The summed E-state index contributed by atoms with van der Waals surface area (Å²) >= 11 is 0. The summed E-state index contributed by atoms with van der Waals surface area (Å²) in [6, 6.07) is 6.69. The van der Waals surface area contributed by atoms with Crippen molar-refractivity contribution in [3.63, 3.8) is 0 Å². The molecule has 7 nitrogen and oxygen atoms in total. The van der Waals surface area contributed by atoms with Gasteiger partial charge in [-0.05, 0) is 30.7 Å². The van der Waals surface area contributed by atoms with E-state index in [-0.39, 0.29) is 17.2 Å². The van der Waals surface area contributed by atoms with Crippen molar-refractivity contribution in [3.8, 4) is 5.69 Å². The molecule has 0 atom stereocenters. The lowest BCUT2D eigenvalue weighted by atomic mass is 10.2. The molecule has 0 aliphatic carbocycles. The van der Waals surface area contributed by atoms with Gasteiger partial charge in [-0.15, -0.1) is 0 Å². The van der Waals surface area contributed by atoms with E-state index in [1.54, 1.807) is 61.6 Å². The Balaban J connectivity index is 1.88. The zero-order valence-corrected chi connectivity index (χ0v) is 12.7. The Morgan fingerprint density at radius 2 is 2.09 bits per heavy atom. The van der Waals surface area contributed by atoms with Gasteiger partial charge in [-0.1, -0.05) is 0 Å². The summed E-state index contributed by atoms with van der Waals surface area (Å²) in [4.78, 5) is 28.0. The van der Waals surface area contributed by atoms with Gasteiger partial charge in [-0.25, -0.2) is 4.68 Å². The third-order valence-electron chi connectivity index (χ3n) is 3.43. The van der Waals surface area contributed by atoms with Gasteiger partial charge in [0.15, 0.2) is 0 Å². The van der Waals surface area contributed by atoms with Gasteiger partial charge in [-0.3, -0.25) is 14.6 Å². The standard InChI is InChI=1S/C16H15N5O2/c1-11-8-15(22)20(2)10-14(11)19-16(23)13-9-12(4-6-17-13)21-7-3-5-18-21/h3-10H,1-2H3,(H,19,23). The topological polar surface area (TPSA) is 81.8 Å². The van der Waals surface area contributed by atoms with Crippen molar-refractivity contribution < 1.29 is 4.79 Å². The fourth-order valence-electron chi connectivity index (χ4n) is 2.15. The smallest absolute Gasteiger partial charge is 0.274 e. The molecular weight excluding hydrogens is 294 g/mol. The van der Waals surface area contributed by atoms with Crippen molar-refractivity contribution in [2.24, 2.45) is 7.05 Å². The van der Waals surface area contributed by atoms with Crippen LogP contribution in [0.2, 0.25) is 0 Å².